The second-order valence-corrected chi connectivity index (χ2v) is 7.83. The van der Waals surface area contributed by atoms with E-state index in [1.165, 1.54) is 5.56 Å². The van der Waals surface area contributed by atoms with E-state index in [1.807, 2.05) is 56.6 Å². The average Bonchev–Trinajstić information content (AvgIpc) is 2.72. The lowest BCUT2D eigenvalue weighted by Crippen LogP contribution is -2.15. The van der Waals surface area contributed by atoms with Crippen molar-refractivity contribution in [1.29, 1.82) is 0 Å². The van der Waals surface area contributed by atoms with E-state index < -0.39 is 0 Å². The highest BCUT2D eigenvalue weighted by molar-refractivity contribution is 6.02. The van der Waals surface area contributed by atoms with Gasteiger partial charge >= 0.3 is 0 Å². The molecule has 0 saturated carbocycles. The Kier molecular flexibility index (Phi) is 4.00. The fourth-order valence-corrected chi connectivity index (χ4v) is 3.95. The number of aromatic amines is 2. The summed E-state index contributed by atoms with van der Waals surface area (Å²) in [5.74, 6) is 0. The number of fused-ring (bicyclic) bond motifs is 4. The molecule has 0 atom stereocenters. The Bertz CT molecular complexity index is 1530. The van der Waals surface area contributed by atoms with Crippen molar-refractivity contribution in [2.75, 3.05) is 20.6 Å². The Balaban J connectivity index is 1.79. The molecule has 5 rings (SSSR count). The largest absolute Gasteiger partial charge is 0.354 e. The summed E-state index contributed by atoms with van der Waals surface area (Å²) in [5.41, 5.74) is 4.04. The van der Waals surface area contributed by atoms with Gasteiger partial charge in [-0.05, 0) is 62.5 Å². The minimum Gasteiger partial charge on any atom is -0.354 e. The third kappa shape index (κ3) is 2.91. The molecule has 0 bridgehead atoms. The molecule has 0 radical (unpaired) electrons. The molecule has 2 heterocycles. The summed E-state index contributed by atoms with van der Waals surface area (Å²) in [6, 6.07) is 17.0. The lowest BCUT2D eigenvalue weighted by molar-refractivity contribution is 0.414. The number of pyridine rings is 2. The van der Waals surface area contributed by atoms with Gasteiger partial charge in [0.15, 0.2) is 10.9 Å². The Morgan fingerprint density at radius 1 is 0.690 bits per heavy atom. The topological polar surface area (TPSA) is 69.0 Å². The van der Waals surface area contributed by atoms with E-state index in [-0.39, 0.29) is 10.9 Å². The molecule has 3 aromatic carbocycles. The van der Waals surface area contributed by atoms with Gasteiger partial charge in [-0.2, -0.15) is 0 Å². The Labute approximate surface area is 166 Å². The zero-order valence-electron chi connectivity index (χ0n) is 16.4. The molecule has 0 amide bonds. The van der Waals surface area contributed by atoms with E-state index in [4.69, 9.17) is 0 Å². The first-order valence-electron chi connectivity index (χ1n) is 9.69. The van der Waals surface area contributed by atoms with Gasteiger partial charge in [0.25, 0.3) is 0 Å². The Morgan fingerprint density at radius 3 is 1.97 bits per heavy atom. The molecule has 0 aliphatic heterocycles. The number of hydrogen-bond donors (Lipinski definition) is 2. The lowest BCUT2D eigenvalue weighted by Gasteiger charge is -2.10. The highest BCUT2D eigenvalue weighted by Crippen LogP contribution is 2.22. The van der Waals surface area contributed by atoms with Crippen LogP contribution in [0, 0.1) is 0 Å². The van der Waals surface area contributed by atoms with Gasteiger partial charge in [0.05, 0.1) is 16.6 Å². The van der Waals surface area contributed by atoms with E-state index in [9.17, 15) is 9.59 Å². The number of likely N-dealkylation sites (N-methyl/N-ethyl adjacent to an activating group) is 1. The summed E-state index contributed by atoms with van der Waals surface area (Å²) in [4.78, 5) is 34.9. The van der Waals surface area contributed by atoms with Crippen molar-refractivity contribution in [2.45, 2.75) is 6.42 Å². The van der Waals surface area contributed by atoms with Crippen LogP contribution in [0.4, 0.5) is 0 Å². The second kappa shape index (κ2) is 6.57. The number of nitrogens with zero attached hydrogens (tertiary/aromatic N) is 1. The lowest BCUT2D eigenvalue weighted by atomic mass is 10.0. The third-order valence-electron chi connectivity index (χ3n) is 5.53. The first kappa shape index (κ1) is 17.6. The van der Waals surface area contributed by atoms with Gasteiger partial charge in [0.2, 0.25) is 0 Å². The number of aromatic nitrogens is 2. The smallest absolute Gasteiger partial charge is 0.197 e. The Morgan fingerprint density at radius 2 is 1.28 bits per heavy atom. The molecule has 29 heavy (non-hydrogen) atoms. The van der Waals surface area contributed by atoms with E-state index in [1.54, 1.807) is 12.1 Å². The molecule has 0 aliphatic rings. The molecular weight excluding hydrogens is 362 g/mol. The number of benzene rings is 3. The molecule has 0 saturated heterocycles. The maximum Gasteiger partial charge on any atom is 0.197 e. The minimum atomic E-state index is -0.0306. The average molecular weight is 383 g/mol. The summed E-state index contributed by atoms with van der Waals surface area (Å²) in [6.45, 7) is 0.941. The standard InChI is InChI=1S/C24H21N3O2/c1-27(2)10-9-14-7-8-16-20(11-14)26-22-13-17-21(12-18(22)24(16)29)25-19-6-4-3-5-15(19)23(17)28/h3-8,11-13H,9-10H2,1-2H3,(H,25,28)(H,26,29). The SMILES string of the molecule is CN(C)CCc1ccc2c(=O)c3cc4[nH]c5ccccc5c(=O)c4cc3[nH]c2c1. The fraction of sp³-hybridized carbons (Fsp3) is 0.167. The van der Waals surface area contributed by atoms with Crippen molar-refractivity contribution < 1.29 is 0 Å². The summed E-state index contributed by atoms with van der Waals surface area (Å²) in [7, 11) is 4.09. The van der Waals surface area contributed by atoms with Gasteiger partial charge in [-0.1, -0.05) is 18.2 Å². The second-order valence-electron chi connectivity index (χ2n) is 7.83. The van der Waals surface area contributed by atoms with E-state index in [0.29, 0.717) is 32.6 Å². The predicted molar refractivity (Wildman–Crippen MR) is 120 cm³/mol. The maximum absolute atomic E-state index is 13.1. The fourth-order valence-electron chi connectivity index (χ4n) is 3.95. The highest BCUT2D eigenvalue weighted by atomic mass is 16.1. The molecule has 2 N–H and O–H groups in total. The van der Waals surface area contributed by atoms with Gasteiger partial charge in [0.1, 0.15) is 0 Å². The summed E-state index contributed by atoms with van der Waals surface area (Å²) in [5, 5.41) is 2.47. The van der Waals surface area contributed by atoms with Crippen LogP contribution in [0.25, 0.3) is 43.6 Å². The van der Waals surface area contributed by atoms with Crippen molar-refractivity contribution in [3.63, 3.8) is 0 Å². The van der Waals surface area contributed by atoms with Crippen LogP contribution in [0.3, 0.4) is 0 Å². The van der Waals surface area contributed by atoms with Gasteiger partial charge < -0.3 is 14.9 Å². The highest BCUT2D eigenvalue weighted by Gasteiger charge is 2.11. The predicted octanol–water partition coefficient (Wildman–Crippen LogP) is 3.78. The molecule has 5 aromatic rings. The molecule has 5 heteroatoms. The minimum absolute atomic E-state index is 0.0242. The number of para-hydroxylation sites is 1. The summed E-state index contributed by atoms with van der Waals surface area (Å²) < 4.78 is 0. The number of rotatable bonds is 3. The van der Waals surface area contributed by atoms with Crippen LogP contribution in [0.2, 0.25) is 0 Å². The zero-order chi connectivity index (χ0) is 20.1. The number of hydrogen-bond acceptors (Lipinski definition) is 3. The molecular formula is C24H21N3O2. The molecule has 0 aliphatic carbocycles. The molecule has 5 nitrogen and oxygen atoms in total. The van der Waals surface area contributed by atoms with Crippen LogP contribution in [0.5, 0.6) is 0 Å². The number of nitrogens with one attached hydrogen (secondary N) is 2. The van der Waals surface area contributed by atoms with Crippen LogP contribution in [-0.2, 0) is 6.42 Å². The summed E-state index contributed by atoms with van der Waals surface area (Å²) >= 11 is 0. The molecule has 0 spiro atoms. The first-order valence-corrected chi connectivity index (χ1v) is 9.69. The first-order chi connectivity index (χ1) is 14.0. The van der Waals surface area contributed by atoms with Gasteiger partial charge in [-0.25, -0.2) is 0 Å². The monoisotopic (exact) mass is 383 g/mol. The van der Waals surface area contributed by atoms with E-state index in [0.717, 1.165) is 24.0 Å². The van der Waals surface area contributed by atoms with Gasteiger partial charge in [-0.3, -0.25) is 9.59 Å². The van der Waals surface area contributed by atoms with Gasteiger partial charge in [-0.15, -0.1) is 0 Å². The van der Waals surface area contributed by atoms with Crippen molar-refractivity contribution in [3.05, 3.63) is 80.6 Å². The Hall–Kier alpha value is -3.44. The normalized spacial score (nSPS) is 12.0. The third-order valence-corrected chi connectivity index (χ3v) is 5.53. The molecule has 144 valence electrons. The van der Waals surface area contributed by atoms with Gasteiger partial charge in [0, 0.05) is 33.6 Å². The van der Waals surface area contributed by atoms with Crippen molar-refractivity contribution in [2.24, 2.45) is 0 Å². The van der Waals surface area contributed by atoms with Crippen LogP contribution >= 0.6 is 0 Å². The molecule has 2 aromatic heterocycles. The quantitative estimate of drug-likeness (QED) is 0.466. The van der Waals surface area contributed by atoms with Crippen molar-refractivity contribution in [3.8, 4) is 0 Å². The van der Waals surface area contributed by atoms with Crippen LogP contribution in [0.15, 0.2) is 64.2 Å². The summed E-state index contributed by atoms with van der Waals surface area (Å²) in [6.07, 6.45) is 0.909. The zero-order valence-corrected chi connectivity index (χ0v) is 16.4. The number of H-pyrrole nitrogens is 2. The van der Waals surface area contributed by atoms with E-state index in [2.05, 4.69) is 14.9 Å². The van der Waals surface area contributed by atoms with Crippen LogP contribution in [-0.4, -0.2) is 35.5 Å². The van der Waals surface area contributed by atoms with Crippen LogP contribution < -0.4 is 10.9 Å². The molecule has 0 unspecified atom stereocenters. The van der Waals surface area contributed by atoms with E-state index >= 15 is 0 Å². The molecule has 0 fully saturated rings. The maximum atomic E-state index is 13.1. The van der Waals surface area contributed by atoms with Crippen LogP contribution in [0.1, 0.15) is 5.56 Å². The van der Waals surface area contributed by atoms with Crippen molar-refractivity contribution in [1.82, 2.24) is 14.9 Å². The van der Waals surface area contributed by atoms with Crippen molar-refractivity contribution >= 4 is 43.6 Å².